The van der Waals surface area contributed by atoms with Crippen molar-refractivity contribution in [1.82, 2.24) is 4.31 Å². The van der Waals surface area contributed by atoms with Crippen molar-refractivity contribution in [3.8, 4) is 0 Å². The molecule has 1 atom stereocenters. The molecule has 0 radical (unpaired) electrons. The fraction of sp³-hybridized carbons (Fsp3) is 0.381. The number of sulfonamides is 1. The molecule has 27 heavy (non-hydrogen) atoms. The topological polar surface area (TPSA) is 66.5 Å². The van der Waals surface area contributed by atoms with Gasteiger partial charge in [-0.1, -0.05) is 26.0 Å². The molecule has 2 aromatic rings. The van der Waals surface area contributed by atoms with Crippen LogP contribution >= 0.6 is 0 Å². The Hall–Kier alpha value is -2.18. The van der Waals surface area contributed by atoms with Gasteiger partial charge in [0.05, 0.1) is 4.90 Å². The highest BCUT2D eigenvalue weighted by Gasteiger charge is 2.27. The molecule has 6 heteroatoms. The monoisotopic (exact) mass is 386 g/mol. The third kappa shape index (κ3) is 4.39. The number of anilines is 1. The number of rotatable bonds is 6. The Morgan fingerprint density at radius 2 is 1.63 bits per heavy atom. The molecule has 144 valence electrons. The lowest BCUT2D eigenvalue weighted by atomic mass is 9.98. The van der Waals surface area contributed by atoms with Crippen LogP contribution in [0, 0.1) is 0 Å². The number of nitrogens with one attached hydrogen (secondary N) is 1. The van der Waals surface area contributed by atoms with Gasteiger partial charge in [-0.25, -0.2) is 8.42 Å². The second-order valence-electron chi connectivity index (χ2n) is 7.02. The third-order valence-electron chi connectivity index (χ3n) is 5.17. The highest BCUT2D eigenvalue weighted by atomic mass is 32.2. The van der Waals surface area contributed by atoms with E-state index in [1.807, 2.05) is 24.3 Å². The number of benzene rings is 2. The first-order chi connectivity index (χ1) is 12.9. The van der Waals surface area contributed by atoms with Crippen molar-refractivity contribution < 1.29 is 13.2 Å². The van der Waals surface area contributed by atoms with E-state index in [0.717, 1.165) is 24.9 Å². The molecule has 1 amide bonds. The lowest BCUT2D eigenvalue weighted by Gasteiger charge is -2.15. The minimum absolute atomic E-state index is 0.235. The second kappa shape index (κ2) is 8.23. The number of carbonyl (C=O) groups excluding carboxylic acids is 1. The predicted octanol–water partition coefficient (Wildman–Crippen LogP) is 4.24. The van der Waals surface area contributed by atoms with Crippen LogP contribution in [0.5, 0.6) is 0 Å². The van der Waals surface area contributed by atoms with Crippen LogP contribution in [-0.4, -0.2) is 31.7 Å². The zero-order chi connectivity index (χ0) is 19.4. The summed E-state index contributed by atoms with van der Waals surface area (Å²) in [4.78, 5) is 12.7. The van der Waals surface area contributed by atoms with Crippen molar-refractivity contribution in [2.24, 2.45) is 0 Å². The molecule has 3 rings (SSSR count). The fourth-order valence-electron chi connectivity index (χ4n) is 3.19. The summed E-state index contributed by atoms with van der Waals surface area (Å²) in [6.07, 6.45) is 2.86. The van der Waals surface area contributed by atoms with Gasteiger partial charge in [0.25, 0.3) is 5.91 Å². The fourth-order valence-corrected chi connectivity index (χ4v) is 4.71. The van der Waals surface area contributed by atoms with Crippen molar-refractivity contribution in [2.45, 2.75) is 43.9 Å². The molecule has 0 spiro atoms. The van der Waals surface area contributed by atoms with E-state index in [1.54, 1.807) is 12.1 Å². The van der Waals surface area contributed by atoms with Crippen molar-refractivity contribution in [3.05, 3.63) is 59.7 Å². The van der Waals surface area contributed by atoms with Crippen molar-refractivity contribution in [3.63, 3.8) is 0 Å². The maximum Gasteiger partial charge on any atom is 0.255 e. The van der Waals surface area contributed by atoms with Crippen molar-refractivity contribution >= 4 is 21.6 Å². The summed E-state index contributed by atoms with van der Waals surface area (Å²) in [5, 5.41) is 2.86. The van der Waals surface area contributed by atoms with Crippen molar-refractivity contribution in [1.29, 1.82) is 0 Å². The molecule has 2 aromatic carbocycles. The average Bonchev–Trinajstić information content (AvgIpc) is 3.24. The lowest BCUT2D eigenvalue weighted by molar-refractivity contribution is 0.102. The van der Waals surface area contributed by atoms with Gasteiger partial charge in [-0.3, -0.25) is 4.79 Å². The summed E-state index contributed by atoms with van der Waals surface area (Å²) in [6.45, 7) is 5.45. The number of amides is 1. The Morgan fingerprint density at radius 3 is 2.19 bits per heavy atom. The first-order valence-electron chi connectivity index (χ1n) is 9.43. The number of carbonyl (C=O) groups is 1. The highest BCUT2D eigenvalue weighted by molar-refractivity contribution is 7.89. The summed E-state index contributed by atoms with van der Waals surface area (Å²) in [7, 11) is -3.45. The third-order valence-corrected chi connectivity index (χ3v) is 7.08. The van der Waals surface area contributed by atoms with E-state index >= 15 is 0 Å². The van der Waals surface area contributed by atoms with Crippen LogP contribution in [-0.2, 0) is 10.0 Å². The highest BCUT2D eigenvalue weighted by Crippen LogP contribution is 2.22. The summed E-state index contributed by atoms with van der Waals surface area (Å²) in [5.41, 5.74) is 2.40. The molecule has 1 N–H and O–H groups in total. The molecule has 5 nitrogen and oxygen atoms in total. The largest absolute Gasteiger partial charge is 0.322 e. The van der Waals surface area contributed by atoms with Crippen LogP contribution in [0.25, 0.3) is 0 Å². The lowest BCUT2D eigenvalue weighted by Crippen LogP contribution is -2.27. The van der Waals surface area contributed by atoms with Crippen LogP contribution < -0.4 is 5.32 Å². The van der Waals surface area contributed by atoms with Crippen molar-refractivity contribution in [2.75, 3.05) is 18.4 Å². The minimum atomic E-state index is -3.45. The molecule has 0 saturated carbocycles. The molecule has 1 fully saturated rings. The van der Waals surface area contributed by atoms with Gasteiger partial charge in [0.1, 0.15) is 0 Å². The van der Waals surface area contributed by atoms with Gasteiger partial charge in [-0.05, 0) is 67.1 Å². The predicted molar refractivity (Wildman–Crippen MR) is 108 cm³/mol. The van der Waals surface area contributed by atoms with E-state index in [2.05, 4.69) is 19.2 Å². The van der Waals surface area contributed by atoms with E-state index in [-0.39, 0.29) is 10.8 Å². The quantitative estimate of drug-likeness (QED) is 0.808. The summed E-state index contributed by atoms with van der Waals surface area (Å²) in [6, 6.07) is 14.0. The van der Waals surface area contributed by atoms with E-state index in [4.69, 9.17) is 0 Å². The van der Waals surface area contributed by atoms with E-state index in [9.17, 15) is 13.2 Å². The van der Waals surface area contributed by atoms with Gasteiger partial charge in [0.2, 0.25) is 10.0 Å². The molecule has 0 bridgehead atoms. The Kier molecular flexibility index (Phi) is 5.97. The Balaban J connectivity index is 1.69. The van der Waals surface area contributed by atoms with E-state index in [0.29, 0.717) is 24.6 Å². The van der Waals surface area contributed by atoms with Gasteiger partial charge in [0.15, 0.2) is 0 Å². The van der Waals surface area contributed by atoms with Crippen LogP contribution in [0.3, 0.4) is 0 Å². The molecule has 0 aromatic heterocycles. The molecular formula is C21H26N2O3S. The van der Waals surface area contributed by atoms with E-state index in [1.165, 1.54) is 22.0 Å². The molecule has 1 heterocycles. The van der Waals surface area contributed by atoms with Gasteiger partial charge in [-0.15, -0.1) is 0 Å². The molecule has 1 saturated heterocycles. The second-order valence-corrected chi connectivity index (χ2v) is 8.96. The van der Waals surface area contributed by atoms with Gasteiger partial charge in [0, 0.05) is 24.3 Å². The van der Waals surface area contributed by atoms with Gasteiger partial charge >= 0.3 is 0 Å². The minimum Gasteiger partial charge on any atom is -0.322 e. The average molecular weight is 387 g/mol. The Bertz CT molecular complexity index is 884. The molecule has 1 aliphatic heterocycles. The smallest absolute Gasteiger partial charge is 0.255 e. The molecular weight excluding hydrogens is 360 g/mol. The number of hydrogen-bond donors (Lipinski definition) is 1. The molecule has 0 unspecified atom stereocenters. The summed E-state index contributed by atoms with van der Waals surface area (Å²) in [5.74, 6) is 0.233. The molecule has 0 aliphatic carbocycles. The normalized spacial score (nSPS) is 16.2. The summed E-state index contributed by atoms with van der Waals surface area (Å²) < 4.78 is 26.6. The first kappa shape index (κ1) is 19.6. The van der Waals surface area contributed by atoms with Crippen LogP contribution in [0.1, 0.15) is 54.9 Å². The van der Waals surface area contributed by atoms with Crippen LogP contribution in [0.15, 0.2) is 53.4 Å². The maximum absolute atomic E-state index is 12.5. The summed E-state index contributed by atoms with van der Waals surface area (Å²) >= 11 is 0. The zero-order valence-corrected chi connectivity index (χ0v) is 16.6. The maximum atomic E-state index is 12.5. The number of hydrogen-bond acceptors (Lipinski definition) is 3. The van der Waals surface area contributed by atoms with Gasteiger partial charge in [-0.2, -0.15) is 4.31 Å². The van der Waals surface area contributed by atoms with Gasteiger partial charge < -0.3 is 5.32 Å². The number of nitrogens with zero attached hydrogens (tertiary/aromatic N) is 1. The Labute approximate surface area is 161 Å². The van der Waals surface area contributed by atoms with Crippen LogP contribution in [0.2, 0.25) is 0 Å². The van der Waals surface area contributed by atoms with Crippen LogP contribution in [0.4, 0.5) is 5.69 Å². The van der Waals surface area contributed by atoms with E-state index < -0.39 is 10.0 Å². The Morgan fingerprint density at radius 1 is 1.04 bits per heavy atom. The first-order valence-corrected chi connectivity index (χ1v) is 10.9. The zero-order valence-electron chi connectivity index (χ0n) is 15.8. The molecule has 1 aliphatic rings. The standard InChI is InChI=1S/C21H26N2O3S/c1-3-16(2)17-6-10-19(11-7-17)22-21(24)18-8-12-20(13-9-18)27(25,26)23-14-4-5-15-23/h6-13,16H,3-5,14-15H2,1-2H3,(H,22,24)/t16-/m1/s1. The SMILES string of the molecule is CC[C@@H](C)c1ccc(NC(=O)c2ccc(S(=O)(=O)N3CCCC3)cc2)cc1.